The van der Waals surface area contributed by atoms with Gasteiger partial charge < -0.3 is 10.1 Å². The first-order valence-corrected chi connectivity index (χ1v) is 7.70. The topological polar surface area (TPSA) is 45.3 Å². The Bertz CT molecular complexity index is 629. The molecule has 2 aromatic rings. The number of hydrogen-bond acceptors (Lipinski definition) is 4. The molecule has 0 radical (unpaired) electrons. The van der Waals surface area contributed by atoms with Gasteiger partial charge in [-0.05, 0) is 37.6 Å². The molecule has 1 aliphatic heterocycles. The zero-order valence-corrected chi connectivity index (χ0v) is 13.1. The maximum Gasteiger partial charge on any atom is 0.141 e. The van der Waals surface area contributed by atoms with Gasteiger partial charge in [0.2, 0.25) is 0 Å². The van der Waals surface area contributed by atoms with Gasteiger partial charge in [0.25, 0.3) is 0 Å². The summed E-state index contributed by atoms with van der Waals surface area (Å²) in [7, 11) is 0. The number of anilines is 1. The Morgan fingerprint density at radius 2 is 2.00 bits per heavy atom. The van der Waals surface area contributed by atoms with Crippen LogP contribution in [-0.4, -0.2) is 18.9 Å². The summed E-state index contributed by atoms with van der Waals surface area (Å²) in [5.74, 6) is 0.585. The summed E-state index contributed by atoms with van der Waals surface area (Å²) in [6, 6.07) is 16.4. The number of nitrogens with one attached hydrogen (secondary N) is 3. The Morgan fingerprint density at radius 3 is 2.82 bits per heavy atom. The number of benzene rings is 2. The van der Waals surface area contributed by atoms with Crippen LogP contribution in [0.4, 0.5) is 5.69 Å². The van der Waals surface area contributed by atoms with Crippen molar-refractivity contribution in [3.63, 3.8) is 0 Å². The van der Waals surface area contributed by atoms with Crippen molar-refractivity contribution in [2.24, 2.45) is 0 Å². The van der Waals surface area contributed by atoms with E-state index in [9.17, 15) is 0 Å². The van der Waals surface area contributed by atoms with Crippen molar-refractivity contribution in [1.29, 1.82) is 0 Å². The summed E-state index contributed by atoms with van der Waals surface area (Å²) in [6.45, 7) is 6.47. The van der Waals surface area contributed by atoms with Crippen molar-refractivity contribution in [2.75, 3.05) is 18.5 Å². The zero-order chi connectivity index (χ0) is 15.4. The van der Waals surface area contributed by atoms with E-state index in [0.717, 1.165) is 18.8 Å². The first-order valence-electron chi connectivity index (χ1n) is 7.70. The van der Waals surface area contributed by atoms with Gasteiger partial charge in [-0.15, -0.1) is 0 Å². The Labute approximate surface area is 131 Å². The molecule has 0 bridgehead atoms. The van der Waals surface area contributed by atoms with Gasteiger partial charge in [0.1, 0.15) is 18.1 Å². The highest BCUT2D eigenvalue weighted by atomic mass is 16.5. The highest BCUT2D eigenvalue weighted by Crippen LogP contribution is 2.24. The highest BCUT2D eigenvalue weighted by Gasteiger charge is 2.27. The molecule has 0 aliphatic carbocycles. The van der Waals surface area contributed by atoms with Crippen LogP contribution in [0.5, 0.6) is 5.75 Å². The molecule has 0 saturated heterocycles. The van der Waals surface area contributed by atoms with Gasteiger partial charge in [0.05, 0.1) is 0 Å². The van der Waals surface area contributed by atoms with E-state index in [0.29, 0.717) is 6.61 Å². The minimum atomic E-state index is -0.317. The first kappa shape index (κ1) is 14.9. The Kier molecular flexibility index (Phi) is 4.32. The zero-order valence-electron chi connectivity index (χ0n) is 13.1. The molecule has 4 heteroatoms. The van der Waals surface area contributed by atoms with Crippen LogP contribution in [0, 0.1) is 6.92 Å². The van der Waals surface area contributed by atoms with Crippen LogP contribution in [0.2, 0.25) is 0 Å². The normalized spacial score (nSPS) is 20.1. The lowest BCUT2D eigenvalue weighted by Crippen LogP contribution is -2.62. The summed E-state index contributed by atoms with van der Waals surface area (Å²) in [5, 5.41) is 10.5. The maximum absolute atomic E-state index is 5.71. The third kappa shape index (κ3) is 3.59. The molecule has 22 heavy (non-hydrogen) atoms. The first-order chi connectivity index (χ1) is 10.6. The third-order valence-corrected chi connectivity index (χ3v) is 3.87. The Hall–Kier alpha value is -2.04. The van der Waals surface area contributed by atoms with Gasteiger partial charge in [-0.3, -0.25) is 10.6 Å². The molecule has 1 aliphatic rings. The summed E-state index contributed by atoms with van der Waals surface area (Å²) < 4.78 is 5.71. The molecule has 3 N–H and O–H groups in total. The summed E-state index contributed by atoms with van der Waals surface area (Å²) in [5.41, 5.74) is 3.78. The summed E-state index contributed by atoms with van der Waals surface area (Å²) >= 11 is 0. The smallest absolute Gasteiger partial charge is 0.141 e. The van der Waals surface area contributed by atoms with Crippen LogP contribution in [0.3, 0.4) is 0 Å². The van der Waals surface area contributed by atoms with Crippen molar-refractivity contribution < 1.29 is 4.74 Å². The number of aryl methyl sites for hydroxylation is 1. The molecule has 0 fully saturated rings. The lowest BCUT2D eigenvalue weighted by Gasteiger charge is -2.39. The molecule has 116 valence electrons. The van der Waals surface area contributed by atoms with Gasteiger partial charge in [-0.1, -0.05) is 35.9 Å². The average Bonchev–Trinajstić information content (AvgIpc) is 2.53. The largest absolute Gasteiger partial charge is 0.492 e. The minimum absolute atomic E-state index is 0.317. The van der Waals surface area contributed by atoms with Crippen molar-refractivity contribution in [3.05, 3.63) is 59.7 Å². The van der Waals surface area contributed by atoms with Gasteiger partial charge in [0, 0.05) is 18.8 Å². The van der Waals surface area contributed by atoms with Crippen LogP contribution in [0.1, 0.15) is 18.1 Å². The molecule has 0 spiro atoms. The number of rotatable bonds is 5. The number of para-hydroxylation sites is 1. The number of ether oxygens (including phenoxy) is 1. The SMILES string of the molecule is Cc1ccc2c(c1)CNC(C)(NCCOc1ccccc1)N2. The molecule has 3 rings (SSSR count). The summed E-state index contributed by atoms with van der Waals surface area (Å²) in [6.07, 6.45) is 0. The van der Waals surface area contributed by atoms with E-state index in [1.54, 1.807) is 0 Å². The van der Waals surface area contributed by atoms with Gasteiger partial charge >= 0.3 is 0 Å². The highest BCUT2D eigenvalue weighted by molar-refractivity contribution is 5.55. The van der Waals surface area contributed by atoms with Crippen LogP contribution < -0.4 is 20.7 Å². The molecule has 1 unspecified atom stereocenters. The molecule has 0 amide bonds. The number of hydrogen-bond donors (Lipinski definition) is 3. The van der Waals surface area contributed by atoms with Crippen LogP contribution >= 0.6 is 0 Å². The standard InChI is InChI=1S/C18H23N3O/c1-14-8-9-17-15(12-14)13-20-18(2,21-17)19-10-11-22-16-6-4-3-5-7-16/h3-9,12,19-21H,10-11,13H2,1-2H3. The number of fused-ring (bicyclic) bond motifs is 1. The molecule has 2 aromatic carbocycles. The molecule has 1 heterocycles. The van der Waals surface area contributed by atoms with E-state index < -0.39 is 0 Å². The second-order valence-corrected chi connectivity index (χ2v) is 5.85. The average molecular weight is 297 g/mol. The fourth-order valence-corrected chi connectivity index (χ4v) is 2.67. The van der Waals surface area contributed by atoms with Crippen molar-refractivity contribution in [2.45, 2.75) is 26.2 Å². The predicted octanol–water partition coefficient (Wildman–Crippen LogP) is 2.85. The van der Waals surface area contributed by atoms with E-state index in [1.807, 2.05) is 30.3 Å². The van der Waals surface area contributed by atoms with Crippen molar-refractivity contribution in [3.8, 4) is 5.75 Å². The minimum Gasteiger partial charge on any atom is -0.492 e. The third-order valence-electron chi connectivity index (χ3n) is 3.87. The fourth-order valence-electron chi connectivity index (χ4n) is 2.67. The fraction of sp³-hybridized carbons (Fsp3) is 0.333. The van der Waals surface area contributed by atoms with Crippen molar-refractivity contribution >= 4 is 5.69 Å². The second-order valence-electron chi connectivity index (χ2n) is 5.85. The van der Waals surface area contributed by atoms with E-state index in [1.165, 1.54) is 16.8 Å². The van der Waals surface area contributed by atoms with Gasteiger partial charge in [-0.2, -0.15) is 0 Å². The molecule has 4 nitrogen and oxygen atoms in total. The van der Waals surface area contributed by atoms with Gasteiger partial charge in [0.15, 0.2) is 0 Å². The predicted molar refractivity (Wildman–Crippen MR) is 90.0 cm³/mol. The van der Waals surface area contributed by atoms with E-state index in [-0.39, 0.29) is 5.79 Å². The summed E-state index contributed by atoms with van der Waals surface area (Å²) in [4.78, 5) is 0. The Balaban J connectivity index is 1.51. The van der Waals surface area contributed by atoms with Crippen LogP contribution in [0.15, 0.2) is 48.5 Å². The maximum atomic E-state index is 5.71. The lowest BCUT2D eigenvalue weighted by atomic mass is 10.1. The van der Waals surface area contributed by atoms with Gasteiger partial charge in [-0.25, -0.2) is 0 Å². The Morgan fingerprint density at radius 1 is 1.18 bits per heavy atom. The lowest BCUT2D eigenvalue weighted by molar-refractivity contribution is 0.258. The molecular weight excluding hydrogens is 274 g/mol. The molecular formula is C18H23N3O. The molecule has 1 atom stereocenters. The monoisotopic (exact) mass is 297 g/mol. The van der Waals surface area contributed by atoms with Crippen molar-refractivity contribution in [1.82, 2.24) is 10.6 Å². The van der Waals surface area contributed by atoms with E-state index in [4.69, 9.17) is 4.74 Å². The molecule has 0 saturated carbocycles. The van der Waals surface area contributed by atoms with Crippen LogP contribution in [-0.2, 0) is 6.54 Å². The van der Waals surface area contributed by atoms with E-state index >= 15 is 0 Å². The molecule has 0 aromatic heterocycles. The second kappa shape index (κ2) is 6.38. The van der Waals surface area contributed by atoms with E-state index in [2.05, 4.69) is 48.0 Å². The van der Waals surface area contributed by atoms with Crippen LogP contribution in [0.25, 0.3) is 0 Å². The quantitative estimate of drug-likeness (QED) is 0.743.